The second-order valence-electron chi connectivity index (χ2n) is 7.47. The fourth-order valence-corrected chi connectivity index (χ4v) is 3.47. The highest BCUT2D eigenvalue weighted by Crippen LogP contribution is 2.31. The van der Waals surface area contributed by atoms with Gasteiger partial charge in [-0.1, -0.05) is 10.3 Å². The monoisotopic (exact) mass is 450 g/mol. The molecule has 3 heterocycles. The summed E-state index contributed by atoms with van der Waals surface area (Å²) in [5, 5.41) is 7.82. The van der Waals surface area contributed by atoms with Gasteiger partial charge >= 0.3 is 12.3 Å². The van der Waals surface area contributed by atoms with Crippen molar-refractivity contribution in [3.63, 3.8) is 0 Å². The normalized spacial score (nSPS) is 14.7. The number of carbonyl (C=O) groups excluding carboxylic acids is 1. The number of ether oxygens (including phenoxy) is 1. The first-order chi connectivity index (χ1) is 15.2. The molecule has 11 heteroatoms. The highest BCUT2D eigenvalue weighted by atomic mass is 19.4. The van der Waals surface area contributed by atoms with Crippen molar-refractivity contribution >= 4 is 11.8 Å². The van der Waals surface area contributed by atoms with Gasteiger partial charge in [-0.3, -0.25) is 0 Å². The number of halogens is 3. The molecular weight excluding hydrogens is 429 g/mol. The van der Waals surface area contributed by atoms with E-state index in [1.165, 1.54) is 12.1 Å². The Labute approximate surface area is 181 Å². The third-order valence-electron chi connectivity index (χ3n) is 5.28. The van der Waals surface area contributed by atoms with Gasteiger partial charge in [0.1, 0.15) is 12.4 Å². The molecule has 170 valence electrons. The van der Waals surface area contributed by atoms with Crippen molar-refractivity contribution in [1.29, 1.82) is 0 Å². The molecule has 1 aromatic carbocycles. The van der Waals surface area contributed by atoms with Crippen LogP contribution in [0.25, 0.3) is 11.5 Å². The molecule has 1 amide bonds. The zero-order valence-electron chi connectivity index (χ0n) is 17.5. The van der Waals surface area contributed by atoms with Gasteiger partial charge in [-0.15, -0.1) is 0 Å². The predicted octanol–water partition coefficient (Wildman–Crippen LogP) is 4.42. The molecule has 1 saturated heterocycles. The third kappa shape index (κ3) is 4.56. The lowest BCUT2D eigenvalue weighted by atomic mass is 10.1. The van der Waals surface area contributed by atoms with Crippen LogP contribution in [-0.2, 0) is 17.5 Å². The molecule has 1 aliphatic heterocycles. The summed E-state index contributed by atoms with van der Waals surface area (Å²) in [6.45, 7) is 5.20. The number of anilines is 1. The topological polar surface area (TPSA) is 84.8 Å². The number of aromatic nitrogens is 2. The molecule has 0 saturated carbocycles. The lowest BCUT2D eigenvalue weighted by Gasteiger charge is -2.35. The lowest BCUT2D eigenvalue weighted by molar-refractivity contribution is -0.137. The predicted molar refractivity (Wildman–Crippen MR) is 107 cm³/mol. The SMILES string of the molecule is Cc1cc(-c2onc(C)c2COC(=O)N2CCN(c3ccc(C(F)(F)F)cc3)CC2)no1. The summed E-state index contributed by atoms with van der Waals surface area (Å²) in [4.78, 5) is 16.0. The van der Waals surface area contributed by atoms with Gasteiger partial charge in [-0.05, 0) is 38.1 Å². The van der Waals surface area contributed by atoms with E-state index in [9.17, 15) is 18.0 Å². The molecule has 0 bridgehead atoms. The van der Waals surface area contributed by atoms with E-state index in [0.717, 1.165) is 12.1 Å². The number of rotatable bonds is 4. The lowest BCUT2D eigenvalue weighted by Crippen LogP contribution is -2.48. The van der Waals surface area contributed by atoms with Crippen LogP contribution >= 0.6 is 0 Å². The molecule has 0 spiro atoms. The van der Waals surface area contributed by atoms with Gasteiger partial charge in [0.2, 0.25) is 0 Å². The van der Waals surface area contributed by atoms with Crippen molar-refractivity contribution in [3.8, 4) is 11.5 Å². The summed E-state index contributed by atoms with van der Waals surface area (Å²) >= 11 is 0. The summed E-state index contributed by atoms with van der Waals surface area (Å²) < 4.78 is 54.0. The van der Waals surface area contributed by atoms with E-state index in [4.69, 9.17) is 13.8 Å². The highest BCUT2D eigenvalue weighted by molar-refractivity contribution is 5.68. The zero-order valence-corrected chi connectivity index (χ0v) is 17.5. The summed E-state index contributed by atoms with van der Waals surface area (Å²) in [5.41, 5.74) is 1.65. The molecule has 0 unspecified atom stereocenters. The largest absolute Gasteiger partial charge is 0.444 e. The number of amides is 1. The Morgan fingerprint density at radius 1 is 1.06 bits per heavy atom. The Kier molecular flexibility index (Phi) is 5.81. The molecular formula is C21H21F3N4O4. The van der Waals surface area contributed by atoms with Gasteiger partial charge < -0.3 is 23.6 Å². The van der Waals surface area contributed by atoms with Crippen LogP contribution in [0.2, 0.25) is 0 Å². The Bertz CT molecular complexity index is 1080. The molecule has 3 aromatic rings. The molecule has 0 radical (unpaired) electrons. The average Bonchev–Trinajstić information content (AvgIpc) is 3.36. The van der Waals surface area contributed by atoms with E-state index in [1.807, 2.05) is 4.90 Å². The second kappa shape index (κ2) is 8.56. The fourth-order valence-electron chi connectivity index (χ4n) is 3.47. The van der Waals surface area contributed by atoms with Crippen LogP contribution in [0.5, 0.6) is 0 Å². The second-order valence-corrected chi connectivity index (χ2v) is 7.47. The highest BCUT2D eigenvalue weighted by Gasteiger charge is 2.30. The number of carbonyl (C=O) groups is 1. The van der Waals surface area contributed by atoms with Gasteiger partial charge in [-0.25, -0.2) is 4.79 Å². The first kappa shape index (κ1) is 21.7. The van der Waals surface area contributed by atoms with E-state index < -0.39 is 17.8 Å². The zero-order chi connectivity index (χ0) is 22.9. The minimum atomic E-state index is -4.36. The number of benzene rings is 1. The fraction of sp³-hybridized carbons (Fsp3) is 0.381. The molecule has 32 heavy (non-hydrogen) atoms. The van der Waals surface area contributed by atoms with Crippen molar-refractivity contribution < 1.29 is 31.7 Å². The van der Waals surface area contributed by atoms with Gasteiger partial charge in [0, 0.05) is 37.9 Å². The summed E-state index contributed by atoms with van der Waals surface area (Å²) in [6, 6.07) is 6.71. The molecule has 0 atom stereocenters. The van der Waals surface area contributed by atoms with E-state index in [2.05, 4.69) is 10.3 Å². The van der Waals surface area contributed by atoms with Crippen LogP contribution in [0.1, 0.15) is 22.6 Å². The molecule has 1 aliphatic rings. The standard InChI is InChI=1S/C21H21F3N4O4/c1-13-11-18(26-31-13)19-17(14(2)25-32-19)12-30-20(29)28-9-7-27(8-10-28)16-5-3-15(4-6-16)21(22,23)24/h3-6,11H,7-10,12H2,1-2H3. The van der Waals surface area contributed by atoms with Crippen LogP contribution in [-0.4, -0.2) is 47.5 Å². The van der Waals surface area contributed by atoms with Gasteiger partial charge in [0.15, 0.2) is 11.5 Å². The van der Waals surface area contributed by atoms with Crippen LogP contribution in [0.15, 0.2) is 39.4 Å². The quantitative estimate of drug-likeness (QED) is 0.582. The number of alkyl halides is 3. The smallest absolute Gasteiger partial charge is 0.416 e. The first-order valence-electron chi connectivity index (χ1n) is 9.95. The number of hydrogen-bond donors (Lipinski definition) is 0. The molecule has 8 nitrogen and oxygen atoms in total. The van der Waals surface area contributed by atoms with E-state index >= 15 is 0 Å². The molecule has 1 fully saturated rings. The maximum absolute atomic E-state index is 12.7. The Morgan fingerprint density at radius 3 is 2.34 bits per heavy atom. The molecule has 0 N–H and O–H groups in total. The third-order valence-corrected chi connectivity index (χ3v) is 5.28. The average molecular weight is 450 g/mol. The minimum absolute atomic E-state index is 0.0332. The van der Waals surface area contributed by atoms with Crippen molar-refractivity contribution in [3.05, 3.63) is 52.9 Å². The summed E-state index contributed by atoms with van der Waals surface area (Å²) in [5.74, 6) is 1.00. The van der Waals surface area contributed by atoms with Gasteiger partial charge in [-0.2, -0.15) is 13.2 Å². The Morgan fingerprint density at radius 2 is 1.75 bits per heavy atom. The van der Waals surface area contributed by atoms with E-state index in [-0.39, 0.29) is 6.61 Å². The van der Waals surface area contributed by atoms with Crippen molar-refractivity contribution in [2.45, 2.75) is 26.6 Å². The Balaban J connectivity index is 1.32. The van der Waals surface area contributed by atoms with Crippen LogP contribution in [0.4, 0.5) is 23.7 Å². The van der Waals surface area contributed by atoms with Crippen LogP contribution in [0, 0.1) is 13.8 Å². The van der Waals surface area contributed by atoms with Crippen LogP contribution < -0.4 is 4.90 Å². The van der Waals surface area contributed by atoms with Crippen LogP contribution in [0.3, 0.4) is 0 Å². The number of piperazine rings is 1. The van der Waals surface area contributed by atoms with Crippen molar-refractivity contribution in [1.82, 2.24) is 15.2 Å². The van der Waals surface area contributed by atoms with E-state index in [1.54, 1.807) is 24.8 Å². The Hall–Kier alpha value is -3.50. The number of hydrogen-bond acceptors (Lipinski definition) is 7. The first-order valence-corrected chi connectivity index (χ1v) is 9.95. The maximum atomic E-state index is 12.7. The van der Waals surface area contributed by atoms with Gasteiger partial charge in [0.25, 0.3) is 0 Å². The number of nitrogens with zero attached hydrogens (tertiary/aromatic N) is 4. The minimum Gasteiger partial charge on any atom is -0.444 e. The summed E-state index contributed by atoms with van der Waals surface area (Å²) in [6.07, 6.45) is -4.85. The number of aryl methyl sites for hydroxylation is 2. The molecule has 4 rings (SSSR count). The van der Waals surface area contributed by atoms with Crippen molar-refractivity contribution in [2.75, 3.05) is 31.1 Å². The summed E-state index contributed by atoms with van der Waals surface area (Å²) in [7, 11) is 0. The van der Waals surface area contributed by atoms with Gasteiger partial charge in [0.05, 0.1) is 16.8 Å². The van der Waals surface area contributed by atoms with E-state index in [0.29, 0.717) is 60.3 Å². The maximum Gasteiger partial charge on any atom is 0.416 e. The van der Waals surface area contributed by atoms with Crippen molar-refractivity contribution in [2.24, 2.45) is 0 Å². The molecule has 2 aromatic heterocycles. The molecule has 0 aliphatic carbocycles.